The zero-order valence-corrected chi connectivity index (χ0v) is 21.4. The van der Waals surface area contributed by atoms with Crippen molar-refractivity contribution < 1.29 is 0 Å². The maximum absolute atomic E-state index is 2.47. The van der Waals surface area contributed by atoms with Crippen LogP contribution in [0.3, 0.4) is 0 Å². The molecule has 2 aromatic carbocycles. The first-order valence-electron chi connectivity index (χ1n) is 8.05. The molecule has 0 saturated carbocycles. The molecule has 0 saturated heterocycles. The first-order valence-corrected chi connectivity index (χ1v) is 11.3. The second kappa shape index (κ2) is 5.71. The summed E-state index contributed by atoms with van der Waals surface area (Å²) in [6, 6.07) is 11.8. The standard InChI is InChI=1S/C20H23IN.Tl/c1-19(2,3)13-7-9-17-15(11-13)16-12-14(20(4,5)6)8-10-18(16)22(17)21;/h7-9,11-12H,1-6H3;. The number of nitrogens with zero attached hydrogens (tertiary/aromatic N) is 1. The van der Waals surface area contributed by atoms with E-state index in [-0.39, 0.29) is 10.8 Å². The Labute approximate surface area is 169 Å². The summed E-state index contributed by atoms with van der Waals surface area (Å²) in [7, 11) is 0. The van der Waals surface area contributed by atoms with Gasteiger partial charge < -0.3 is 0 Å². The first-order chi connectivity index (χ1) is 10.5. The monoisotopic (exact) mass is 609 g/mol. The summed E-state index contributed by atoms with van der Waals surface area (Å²) in [4.78, 5) is 0. The fourth-order valence-electron chi connectivity index (χ4n) is 3.02. The van der Waals surface area contributed by atoms with E-state index in [2.05, 4.69) is 97.5 Å². The molecule has 0 radical (unpaired) electrons. The van der Waals surface area contributed by atoms with E-state index in [4.69, 9.17) is 0 Å². The Balaban J connectivity index is 2.45. The van der Waals surface area contributed by atoms with E-state index >= 15 is 0 Å². The molecule has 0 atom stereocenters. The van der Waals surface area contributed by atoms with E-state index in [0.29, 0.717) is 0 Å². The van der Waals surface area contributed by atoms with Crippen molar-refractivity contribution in [2.75, 3.05) is 0 Å². The van der Waals surface area contributed by atoms with Crippen molar-refractivity contribution in [1.82, 2.24) is 2.78 Å². The topological polar surface area (TPSA) is 4.93 Å². The number of benzene rings is 2. The Morgan fingerprint density at radius 3 is 1.96 bits per heavy atom. The third kappa shape index (κ3) is 3.10. The zero-order valence-electron chi connectivity index (χ0n) is 14.8. The van der Waals surface area contributed by atoms with Gasteiger partial charge in [0.15, 0.2) is 0 Å². The Bertz CT molecular complexity index is 907. The number of hydrogen-bond acceptors (Lipinski definition) is 0. The van der Waals surface area contributed by atoms with Gasteiger partial charge in [-0.2, -0.15) is 0 Å². The van der Waals surface area contributed by atoms with Crippen LogP contribution in [0.5, 0.6) is 0 Å². The zero-order chi connectivity index (χ0) is 17.2. The maximum atomic E-state index is 2.47. The van der Waals surface area contributed by atoms with E-state index in [0.717, 1.165) is 25.8 Å². The molecule has 0 spiro atoms. The SMILES string of the molecule is CC(C)(C)c1ccc2c(c1)c1cc(C(C)(C)C)c[c]([Tl])c1n2I. The third-order valence-corrected chi connectivity index (χ3v) is 7.28. The second-order valence-electron chi connectivity index (χ2n) is 8.47. The van der Waals surface area contributed by atoms with Crippen LogP contribution in [0.15, 0.2) is 30.3 Å². The van der Waals surface area contributed by atoms with Crippen LogP contribution in [0.25, 0.3) is 21.8 Å². The Kier molecular flexibility index (Phi) is 4.40. The van der Waals surface area contributed by atoms with Crippen molar-refractivity contribution >= 4 is 73.6 Å². The Morgan fingerprint density at radius 2 is 1.39 bits per heavy atom. The molecule has 0 amide bonds. The van der Waals surface area contributed by atoms with Crippen LogP contribution in [0.4, 0.5) is 0 Å². The fraction of sp³-hybridized carbons (Fsp3) is 0.400. The summed E-state index contributed by atoms with van der Waals surface area (Å²) < 4.78 is 3.88. The number of aromatic nitrogens is 1. The van der Waals surface area contributed by atoms with Crippen molar-refractivity contribution in [1.29, 1.82) is 0 Å². The van der Waals surface area contributed by atoms with Crippen LogP contribution < -0.4 is 3.12 Å². The minimum atomic E-state index is 0.182. The summed E-state index contributed by atoms with van der Waals surface area (Å²) in [6.45, 7) is 13.8. The van der Waals surface area contributed by atoms with Crippen LogP contribution in [-0.2, 0) is 10.8 Å². The van der Waals surface area contributed by atoms with Crippen LogP contribution >= 0.6 is 22.9 Å². The molecule has 0 fully saturated rings. The minimum absolute atomic E-state index is 0.182. The van der Waals surface area contributed by atoms with E-state index in [9.17, 15) is 0 Å². The third-order valence-electron chi connectivity index (χ3n) is 4.57. The predicted molar refractivity (Wildman–Crippen MR) is 112 cm³/mol. The van der Waals surface area contributed by atoms with Gasteiger partial charge in [0.05, 0.1) is 0 Å². The molecule has 0 aliphatic heterocycles. The molecule has 3 heteroatoms. The molecule has 3 aromatic rings. The Hall–Kier alpha value is -0.108. The average Bonchev–Trinajstić information content (AvgIpc) is 2.70. The molecular weight excluding hydrogens is 586 g/mol. The van der Waals surface area contributed by atoms with Crippen molar-refractivity contribution in [3.63, 3.8) is 0 Å². The van der Waals surface area contributed by atoms with Crippen LogP contribution in [0.1, 0.15) is 52.7 Å². The summed E-state index contributed by atoms with van der Waals surface area (Å²) in [5.41, 5.74) is 5.99. The van der Waals surface area contributed by atoms with E-state index in [1.807, 2.05) is 0 Å². The van der Waals surface area contributed by atoms with Crippen molar-refractivity contribution in [2.24, 2.45) is 0 Å². The van der Waals surface area contributed by atoms with Crippen molar-refractivity contribution in [3.05, 3.63) is 41.5 Å². The molecule has 1 aromatic heterocycles. The number of hydrogen-bond donors (Lipinski definition) is 0. The van der Waals surface area contributed by atoms with E-state index < -0.39 is 0 Å². The number of fused-ring (bicyclic) bond motifs is 3. The molecule has 0 N–H and O–H groups in total. The van der Waals surface area contributed by atoms with Gasteiger partial charge in [0, 0.05) is 0 Å². The molecule has 0 bridgehead atoms. The Morgan fingerprint density at radius 1 is 0.826 bits per heavy atom. The van der Waals surface area contributed by atoms with Gasteiger partial charge in [-0.3, -0.25) is 0 Å². The van der Waals surface area contributed by atoms with Crippen LogP contribution in [0.2, 0.25) is 0 Å². The van der Waals surface area contributed by atoms with Gasteiger partial charge >= 0.3 is 170 Å². The molecule has 0 aliphatic carbocycles. The van der Waals surface area contributed by atoms with Gasteiger partial charge in [0.1, 0.15) is 0 Å². The van der Waals surface area contributed by atoms with Gasteiger partial charge in [-0.1, -0.05) is 0 Å². The number of rotatable bonds is 0. The summed E-state index contributed by atoms with van der Waals surface area (Å²) in [6.07, 6.45) is 0. The van der Waals surface area contributed by atoms with Crippen molar-refractivity contribution in [3.8, 4) is 0 Å². The number of halogens is 1. The van der Waals surface area contributed by atoms with Gasteiger partial charge in [0.25, 0.3) is 0 Å². The molecular formula is C20H23INTl. The summed E-state index contributed by atoms with van der Waals surface area (Å²) in [5.74, 6) is 0. The molecule has 118 valence electrons. The van der Waals surface area contributed by atoms with Gasteiger partial charge in [-0.15, -0.1) is 0 Å². The summed E-state index contributed by atoms with van der Waals surface area (Å²) in [5, 5.41) is 2.82. The summed E-state index contributed by atoms with van der Waals surface area (Å²) >= 11 is 3.30. The van der Waals surface area contributed by atoms with Crippen LogP contribution in [-0.4, -0.2) is 28.5 Å². The molecule has 1 nitrogen and oxygen atoms in total. The van der Waals surface area contributed by atoms with Gasteiger partial charge in [-0.05, 0) is 0 Å². The van der Waals surface area contributed by atoms with Gasteiger partial charge in [-0.25, -0.2) is 0 Å². The molecule has 23 heavy (non-hydrogen) atoms. The predicted octanol–water partition coefficient (Wildman–Crippen LogP) is 5.38. The second-order valence-corrected chi connectivity index (χ2v) is 11.9. The first kappa shape index (κ1) is 17.7. The van der Waals surface area contributed by atoms with Crippen LogP contribution in [0, 0.1) is 0 Å². The molecule has 1 heterocycles. The van der Waals surface area contributed by atoms with Crippen molar-refractivity contribution in [2.45, 2.75) is 52.4 Å². The normalized spacial score (nSPS) is 13.1. The van der Waals surface area contributed by atoms with Gasteiger partial charge in [0.2, 0.25) is 0 Å². The molecule has 3 rings (SSSR count). The quantitative estimate of drug-likeness (QED) is 0.239. The average molecular weight is 609 g/mol. The molecule has 0 aliphatic rings. The fourth-order valence-corrected chi connectivity index (χ4v) is 6.81. The van der Waals surface area contributed by atoms with E-state index in [1.165, 1.54) is 36.1 Å². The molecule has 0 unspecified atom stereocenters. The van der Waals surface area contributed by atoms with E-state index in [1.54, 1.807) is 0 Å².